The van der Waals surface area contributed by atoms with Crippen LogP contribution in [0.5, 0.6) is 0 Å². The number of rotatable bonds is 4. The van der Waals surface area contributed by atoms with Crippen molar-refractivity contribution in [1.29, 1.82) is 0 Å². The van der Waals surface area contributed by atoms with Gasteiger partial charge >= 0.3 is 0 Å². The van der Waals surface area contributed by atoms with Gasteiger partial charge in [0.1, 0.15) is 16.7 Å². The maximum atomic E-state index is 6.62. The molecular weight excluding hydrogens is 693 g/mol. The molecule has 268 valence electrons. The topological polar surface area (TPSA) is 26.3 Å². The zero-order valence-electron chi connectivity index (χ0n) is 31.6. The summed E-state index contributed by atoms with van der Waals surface area (Å²) in [5.74, 6) is 0. The highest BCUT2D eigenvalue weighted by Gasteiger charge is 2.36. The fourth-order valence-electron chi connectivity index (χ4n) is 9.93. The summed E-state index contributed by atoms with van der Waals surface area (Å²) < 4.78 is 12.7. The molecule has 1 aliphatic rings. The predicted molar refractivity (Wildman–Crippen MR) is 238 cm³/mol. The van der Waals surface area contributed by atoms with Crippen LogP contribution in [0.25, 0.3) is 110 Å². The average Bonchev–Trinajstić information content (AvgIpc) is 3.92. The molecule has 0 amide bonds. The molecule has 2 heteroatoms. The number of hydrogen-bond acceptors (Lipinski definition) is 2. The van der Waals surface area contributed by atoms with Crippen molar-refractivity contribution in [2.45, 2.75) is 19.3 Å². The molecule has 0 fully saturated rings. The van der Waals surface area contributed by atoms with Gasteiger partial charge in [-0.05, 0) is 107 Å². The molecule has 57 heavy (non-hydrogen) atoms. The highest BCUT2D eigenvalue weighted by Crippen LogP contribution is 2.52. The van der Waals surface area contributed by atoms with Crippen LogP contribution in [0.15, 0.2) is 191 Å². The van der Waals surface area contributed by atoms with Crippen LogP contribution in [0, 0.1) is 0 Å². The van der Waals surface area contributed by atoms with E-state index in [9.17, 15) is 0 Å². The fraction of sp³-hybridized carbons (Fsp3) is 0.0545. The minimum absolute atomic E-state index is 0.0809. The van der Waals surface area contributed by atoms with Crippen LogP contribution in [0.4, 0.5) is 0 Å². The first-order valence-electron chi connectivity index (χ1n) is 19.7. The Bertz CT molecular complexity index is 3370. The third kappa shape index (κ3) is 4.59. The molecule has 12 rings (SSSR count). The van der Waals surface area contributed by atoms with Gasteiger partial charge in [0.2, 0.25) is 0 Å². The van der Waals surface area contributed by atoms with Crippen LogP contribution in [-0.2, 0) is 5.41 Å². The van der Waals surface area contributed by atoms with Gasteiger partial charge in [0, 0.05) is 27.1 Å². The molecule has 2 nitrogen and oxygen atoms in total. The van der Waals surface area contributed by atoms with E-state index in [0.29, 0.717) is 0 Å². The second-order valence-corrected chi connectivity index (χ2v) is 16.0. The van der Waals surface area contributed by atoms with Crippen molar-refractivity contribution >= 4 is 54.5 Å². The summed E-state index contributed by atoms with van der Waals surface area (Å²) in [6, 6.07) is 63.9. The van der Waals surface area contributed by atoms with Crippen molar-refractivity contribution in [2.75, 3.05) is 0 Å². The van der Waals surface area contributed by atoms with Gasteiger partial charge in [-0.2, -0.15) is 0 Å². The molecule has 0 N–H and O–H groups in total. The molecule has 0 radical (unpaired) electrons. The Hall–Kier alpha value is -7.16. The van der Waals surface area contributed by atoms with Gasteiger partial charge < -0.3 is 8.83 Å². The second-order valence-electron chi connectivity index (χ2n) is 16.0. The van der Waals surface area contributed by atoms with Gasteiger partial charge in [0.05, 0.1) is 6.26 Å². The van der Waals surface area contributed by atoms with Crippen molar-refractivity contribution in [3.8, 4) is 55.6 Å². The Balaban J connectivity index is 1.03. The van der Waals surface area contributed by atoms with E-state index in [2.05, 4.69) is 178 Å². The molecule has 11 aromatic rings. The van der Waals surface area contributed by atoms with Crippen LogP contribution in [0.3, 0.4) is 0 Å². The van der Waals surface area contributed by atoms with Crippen molar-refractivity contribution in [3.63, 3.8) is 0 Å². The summed E-state index contributed by atoms with van der Waals surface area (Å²) in [6.07, 6.45) is 1.91. The minimum Gasteiger partial charge on any atom is -0.464 e. The molecule has 2 aromatic heterocycles. The summed E-state index contributed by atoms with van der Waals surface area (Å²) in [7, 11) is 0. The van der Waals surface area contributed by atoms with Gasteiger partial charge in [-0.3, -0.25) is 0 Å². The lowest BCUT2D eigenvalue weighted by atomic mass is 9.82. The molecule has 0 bridgehead atoms. The summed E-state index contributed by atoms with van der Waals surface area (Å²) in [4.78, 5) is 0. The van der Waals surface area contributed by atoms with Crippen LogP contribution in [-0.4, -0.2) is 0 Å². The van der Waals surface area contributed by atoms with Crippen molar-refractivity contribution < 1.29 is 8.83 Å². The number of para-hydroxylation sites is 1. The highest BCUT2D eigenvalue weighted by atomic mass is 16.3. The highest BCUT2D eigenvalue weighted by molar-refractivity contribution is 6.23. The Kier molecular flexibility index (Phi) is 6.72. The van der Waals surface area contributed by atoms with Crippen molar-refractivity contribution in [2.24, 2.45) is 0 Å². The van der Waals surface area contributed by atoms with E-state index in [4.69, 9.17) is 8.83 Å². The van der Waals surface area contributed by atoms with Gasteiger partial charge in [-0.15, -0.1) is 0 Å². The number of benzene rings is 9. The molecule has 9 aromatic carbocycles. The largest absolute Gasteiger partial charge is 0.464 e. The van der Waals surface area contributed by atoms with Crippen LogP contribution in [0.1, 0.15) is 25.0 Å². The maximum Gasteiger partial charge on any atom is 0.136 e. The van der Waals surface area contributed by atoms with Crippen LogP contribution >= 0.6 is 0 Å². The van der Waals surface area contributed by atoms with Crippen LogP contribution < -0.4 is 0 Å². The normalized spacial score (nSPS) is 13.2. The first kappa shape index (κ1) is 32.1. The van der Waals surface area contributed by atoms with Gasteiger partial charge in [0.25, 0.3) is 0 Å². The Morgan fingerprint density at radius 2 is 0.912 bits per heavy atom. The van der Waals surface area contributed by atoms with Gasteiger partial charge in [0.15, 0.2) is 0 Å². The third-order valence-electron chi connectivity index (χ3n) is 12.6. The van der Waals surface area contributed by atoms with E-state index in [1.54, 1.807) is 0 Å². The molecule has 0 unspecified atom stereocenters. The summed E-state index contributed by atoms with van der Waals surface area (Å²) in [5, 5.41) is 8.34. The van der Waals surface area contributed by atoms with Gasteiger partial charge in [-0.1, -0.05) is 166 Å². The number of furan rings is 2. The molecule has 0 aliphatic heterocycles. The molecule has 0 spiro atoms. The third-order valence-corrected chi connectivity index (χ3v) is 12.6. The van der Waals surface area contributed by atoms with E-state index in [1.807, 2.05) is 18.4 Å². The zero-order valence-corrected chi connectivity index (χ0v) is 31.6. The van der Waals surface area contributed by atoms with E-state index in [-0.39, 0.29) is 5.41 Å². The molecule has 1 aliphatic carbocycles. The van der Waals surface area contributed by atoms with Crippen LogP contribution in [0.2, 0.25) is 0 Å². The standard InChI is InChI=1S/C55H36O2/c1-55(2)47-23-11-9-15-37(47)44-30-45-51(31-48(44)55)57-50-25-13-22-35(54(45)50)33-26-28-34(29-27-33)52-40-18-5-7-20-42(40)53(43-21-8-6-19-41(43)52)39-17-4-3-14-36(39)46-32-56-49-24-12-10-16-38(46)49/h3-32H,1-2H3. The van der Waals surface area contributed by atoms with E-state index >= 15 is 0 Å². The number of hydrogen-bond donors (Lipinski definition) is 0. The average molecular weight is 729 g/mol. The number of fused-ring (bicyclic) bond motifs is 9. The SMILES string of the molecule is CC1(C)c2ccccc2-c2cc3c(cc21)oc1cccc(-c2ccc(-c4c5ccccc5c(-c5ccccc5-c5coc6ccccc56)c5ccccc45)cc2)c13. The summed E-state index contributed by atoms with van der Waals surface area (Å²) in [6.45, 7) is 4.64. The van der Waals surface area contributed by atoms with Gasteiger partial charge in [-0.25, -0.2) is 0 Å². The zero-order chi connectivity index (χ0) is 37.8. The second kappa shape index (κ2) is 11.9. The summed E-state index contributed by atoms with van der Waals surface area (Å²) in [5.41, 5.74) is 17.5. The maximum absolute atomic E-state index is 6.62. The lowest BCUT2D eigenvalue weighted by Gasteiger charge is -2.21. The van der Waals surface area contributed by atoms with E-state index in [1.165, 1.54) is 77.2 Å². The Labute approximate surface area is 330 Å². The van der Waals surface area contributed by atoms with Crippen molar-refractivity contribution in [1.82, 2.24) is 0 Å². The molecule has 2 heterocycles. The lowest BCUT2D eigenvalue weighted by molar-refractivity contribution is 0.617. The molecule has 0 atom stereocenters. The monoisotopic (exact) mass is 728 g/mol. The Morgan fingerprint density at radius 3 is 1.65 bits per heavy atom. The first-order chi connectivity index (χ1) is 28.0. The quantitative estimate of drug-likeness (QED) is 0.169. The lowest BCUT2D eigenvalue weighted by Crippen LogP contribution is -2.14. The van der Waals surface area contributed by atoms with E-state index < -0.39 is 0 Å². The molecule has 0 saturated carbocycles. The predicted octanol–water partition coefficient (Wildman–Crippen LogP) is 15.6. The fourth-order valence-corrected chi connectivity index (χ4v) is 9.93. The van der Waals surface area contributed by atoms with Crippen molar-refractivity contribution in [3.05, 3.63) is 193 Å². The Morgan fingerprint density at radius 1 is 0.351 bits per heavy atom. The summed E-state index contributed by atoms with van der Waals surface area (Å²) >= 11 is 0. The minimum atomic E-state index is -0.0809. The first-order valence-corrected chi connectivity index (χ1v) is 19.7. The smallest absolute Gasteiger partial charge is 0.136 e. The molecule has 0 saturated heterocycles. The van der Waals surface area contributed by atoms with E-state index in [0.717, 1.165) is 44.0 Å². The molecular formula is C55H36O2.